The summed E-state index contributed by atoms with van der Waals surface area (Å²) in [7, 11) is -3.96. The van der Waals surface area contributed by atoms with Crippen LogP contribution in [0.2, 0.25) is 0 Å². The summed E-state index contributed by atoms with van der Waals surface area (Å²) in [5.74, 6) is 0.105. The Balaban J connectivity index is 1.88. The molecule has 3 aromatic carbocycles. The molecule has 0 aliphatic rings. The van der Waals surface area contributed by atoms with Gasteiger partial charge < -0.3 is 10.1 Å². The van der Waals surface area contributed by atoms with Gasteiger partial charge in [-0.15, -0.1) is 0 Å². The molecule has 0 fully saturated rings. The summed E-state index contributed by atoms with van der Waals surface area (Å²) in [6.45, 7) is 7.33. The maximum absolute atomic E-state index is 13.4. The van der Waals surface area contributed by atoms with E-state index < -0.39 is 15.9 Å². The maximum Gasteiger partial charge on any atom is 0.264 e. The van der Waals surface area contributed by atoms with E-state index in [-0.39, 0.29) is 11.4 Å². The van der Waals surface area contributed by atoms with E-state index in [1.807, 2.05) is 19.9 Å². The van der Waals surface area contributed by atoms with Gasteiger partial charge in [-0.2, -0.15) is 0 Å². The number of aryl methyl sites for hydroxylation is 2. The lowest BCUT2D eigenvalue weighted by Crippen LogP contribution is -2.38. The van der Waals surface area contributed by atoms with Crippen LogP contribution < -0.4 is 14.4 Å². The van der Waals surface area contributed by atoms with E-state index in [0.717, 1.165) is 15.4 Å². The molecule has 0 unspecified atom stereocenters. The number of ether oxygens (including phenoxy) is 1. The predicted octanol–water partition coefficient (Wildman–Crippen LogP) is 4.70. The van der Waals surface area contributed by atoms with Gasteiger partial charge in [-0.1, -0.05) is 48.6 Å². The number of nitrogens with one attached hydrogen (secondary N) is 1. The Morgan fingerprint density at radius 1 is 1.00 bits per heavy atom. The van der Waals surface area contributed by atoms with Gasteiger partial charge in [0.15, 0.2) is 0 Å². The molecule has 0 spiro atoms. The molecule has 0 saturated carbocycles. The summed E-state index contributed by atoms with van der Waals surface area (Å²) in [6, 6.07) is 20.5. The average molecular weight is 451 g/mol. The molecule has 0 atom stereocenters. The summed E-state index contributed by atoms with van der Waals surface area (Å²) in [5, 5.41) is 2.76. The van der Waals surface area contributed by atoms with E-state index >= 15 is 0 Å². The quantitative estimate of drug-likeness (QED) is 0.480. The van der Waals surface area contributed by atoms with E-state index in [1.54, 1.807) is 72.8 Å². The molecule has 32 heavy (non-hydrogen) atoms. The lowest BCUT2D eigenvalue weighted by atomic mass is 10.2. The van der Waals surface area contributed by atoms with Crippen molar-refractivity contribution in [3.8, 4) is 5.75 Å². The molecule has 0 aliphatic heterocycles. The molecular formula is C25H26N2O4S. The minimum atomic E-state index is -3.96. The fraction of sp³-hybridized carbons (Fsp3) is 0.160. The van der Waals surface area contributed by atoms with Gasteiger partial charge in [-0.3, -0.25) is 9.10 Å². The smallest absolute Gasteiger partial charge is 0.264 e. The number of carbonyl (C=O) groups is 1. The molecule has 1 amide bonds. The van der Waals surface area contributed by atoms with Crippen LogP contribution in [0.5, 0.6) is 5.75 Å². The molecule has 0 aromatic heterocycles. The van der Waals surface area contributed by atoms with Crippen molar-refractivity contribution in [2.24, 2.45) is 0 Å². The Bertz CT molecular complexity index is 1200. The van der Waals surface area contributed by atoms with Gasteiger partial charge >= 0.3 is 0 Å². The lowest BCUT2D eigenvalue weighted by Gasteiger charge is -2.24. The van der Waals surface area contributed by atoms with Crippen LogP contribution in [0.3, 0.4) is 0 Å². The van der Waals surface area contributed by atoms with Gasteiger partial charge in [-0.05, 0) is 55.8 Å². The first-order valence-electron chi connectivity index (χ1n) is 10.1. The van der Waals surface area contributed by atoms with E-state index in [0.29, 0.717) is 23.7 Å². The molecule has 0 heterocycles. The molecule has 166 valence electrons. The third kappa shape index (κ3) is 5.76. The molecule has 7 heteroatoms. The van der Waals surface area contributed by atoms with Gasteiger partial charge in [0.1, 0.15) is 18.9 Å². The summed E-state index contributed by atoms with van der Waals surface area (Å²) in [4.78, 5) is 13.0. The number of sulfonamides is 1. The topological polar surface area (TPSA) is 75.7 Å². The van der Waals surface area contributed by atoms with E-state index in [1.165, 1.54) is 0 Å². The second-order valence-electron chi connectivity index (χ2n) is 7.34. The number of amides is 1. The van der Waals surface area contributed by atoms with E-state index in [2.05, 4.69) is 11.9 Å². The third-order valence-corrected chi connectivity index (χ3v) is 6.46. The number of carbonyl (C=O) groups excluding carboxylic acids is 1. The molecule has 1 N–H and O–H groups in total. The second kappa shape index (κ2) is 10.2. The number of hydrogen-bond acceptors (Lipinski definition) is 4. The monoisotopic (exact) mass is 450 g/mol. The van der Waals surface area contributed by atoms with Crippen molar-refractivity contribution in [1.29, 1.82) is 0 Å². The molecule has 0 radical (unpaired) electrons. The highest BCUT2D eigenvalue weighted by Crippen LogP contribution is 2.25. The number of rotatable bonds is 9. The highest BCUT2D eigenvalue weighted by Gasteiger charge is 2.27. The minimum absolute atomic E-state index is 0.122. The summed E-state index contributed by atoms with van der Waals surface area (Å²) < 4.78 is 33.5. The molecule has 3 aromatic rings. The number of anilines is 2. The van der Waals surface area contributed by atoms with Crippen LogP contribution in [-0.4, -0.2) is 27.5 Å². The van der Waals surface area contributed by atoms with Crippen molar-refractivity contribution < 1.29 is 17.9 Å². The third-order valence-electron chi connectivity index (χ3n) is 4.67. The first-order chi connectivity index (χ1) is 15.3. The number of nitrogens with zero attached hydrogens (tertiary/aromatic N) is 1. The van der Waals surface area contributed by atoms with Gasteiger partial charge in [-0.25, -0.2) is 8.42 Å². The fourth-order valence-electron chi connectivity index (χ4n) is 3.09. The Morgan fingerprint density at radius 3 is 2.41 bits per heavy atom. The largest absolute Gasteiger partial charge is 0.489 e. The normalized spacial score (nSPS) is 10.9. The zero-order valence-corrected chi connectivity index (χ0v) is 18.9. The van der Waals surface area contributed by atoms with E-state index in [9.17, 15) is 13.2 Å². The van der Waals surface area contributed by atoms with Crippen molar-refractivity contribution in [2.75, 3.05) is 22.8 Å². The highest BCUT2D eigenvalue weighted by atomic mass is 32.2. The summed E-state index contributed by atoms with van der Waals surface area (Å²) >= 11 is 0. The molecule has 6 nitrogen and oxygen atoms in total. The van der Waals surface area contributed by atoms with Crippen LogP contribution in [0.1, 0.15) is 11.1 Å². The minimum Gasteiger partial charge on any atom is -0.489 e. The lowest BCUT2D eigenvalue weighted by molar-refractivity contribution is -0.114. The van der Waals surface area contributed by atoms with Gasteiger partial charge in [0.25, 0.3) is 10.0 Å². The van der Waals surface area contributed by atoms with Crippen molar-refractivity contribution in [1.82, 2.24) is 0 Å². The zero-order valence-electron chi connectivity index (χ0n) is 18.1. The first-order valence-corrected chi connectivity index (χ1v) is 11.5. The van der Waals surface area contributed by atoms with Crippen LogP contribution in [0.25, 0.3) is 0 Å². The van der Waals surface area contributed by atoms with Crippen LogP contribution in [0.4, 0.5) is 11.4 Å². The average Bonchev–Trinajstić information content (AvgIpc) is 2.76. The predicted molar refractivity (Wildman–Crippen MR) is 128 cm³/mol. The number of hydrogen-bond donors (Lipinski definition) is 1. The molecule has 3 rings (SSSR count). The Hall–Kier alpha value is -3.58. The van der Waals surface area contributed by atoms with Crippen LogP contribution >= 0.6 is 0 Å². The molecule has 0 saturated heterocycles. The van der Waals surface area contributed by atoms with Crippen molar-refractivity contribution >= 4 is 27.3 Å². The molecule has 0 aliphatic carbocycles. The standard InChI is InChI=1S/C25H26N2O4S/c1-4-15-31-23-10-6-8-21(17-23)26-25(28)18-27(22-9-5-7-20(3)16-22)32(29,30)24-13-11-19(2)12-14-24/h4-14,16-17H,1,15,18H2,2-3H3,(H,26,28). The Kier molecular flexibility index (Phi) is 7.33. The maximum atomic E-state index is 13.4. The SMILES string of the molecule is C=CCOc1cccc(NC(=O)CN(c2cccc(C)c2)S(=O)(=O)c2ccc(C)cc2)c1. The summed E-state index contributed by atoms with van der Waals surface area (Å²) in [5.41, 5.74) is 2.76. The zero-order chi connectivity index (χ0) is 23.1. The highest BCUT2D eigenvalue weighted by molar-refractivity contribution is 7.92. The van der Waals surface area contributed by atoms with Crippen molar-refractivity contribution in [3.05, 3.63) is 96.6 Å². The second-order valence-corrected chi connectivity index (χ2v) is 9.20. The van der Waals surface area contributed by atoms with E-state index in [4.69, 9.17) is 4.74 Å². The number of benzene rings is 3. The van der Waals surface area contributed by atoms with Crippen LogP contribution in [-0.2, 0) is 14.8 Å². The van der Waals surface area contributed by atoms with Gasteiger partial charge in [0.2, 0.25) is 5.91 Å². The Labute approximate surface area is 189 Å². The Morgan fingerprint density at radius 2 is 1.72 bits per heavy atom. The molecule has 0 bridgehead atoms. The van der Waals surface area contributed by atoms with Crippen molar-refractivity contribution in [2.45, 2.75) is 18.7 Å². The van der Waals surface area contributed by atoms with Crippen LogP contribution in [0.15, 0.2) is 90.3 Å². The van der Waals surface area contributed by atoms with Crippen molar-refractivity contribution in [3.63, 3.8) is 0 Å². The molecular weight excluding hydrogens is 424 g/mol. The van der Waals surface area contributed by atoms with Gasteiger partial charge in [0.05, 0.1) is 10.6 Å². The summed E-state index contributed by atoms with van der Waals surface area (Å²) in [6.07, 6.45) is 1.63. The van der Waals surface area contributed by atoms with Crippen LogP contribution in [0, 0.1) is 13.8 Å². The first kappa shape index (κ1) is 23.1. The fourth-order valence-corrected chi connectivity index (χ4v) is 4.50. The van der Waals surface area contributed by atoms with Gasteiger partial charge in [0, 0.05) is 11.8 Å².